The van der Waals surface area contributed by atoms with E-state index in [2.05, 4.69) is 30.7 Å². The molecule has 0 aliphatic rings. The Morgan fingerprint density at radius 3 is 2.90 bits per heavy atom. The van der Waals surface area contributed by atoms with Crippen molar-refractivity contribution in [2.45, 2.75) is 5.75 Å². The maximum Gasteiger partial charge on any atom is 0.320 e. The fourth-order valence-electron chi connectivity index (χ4n) is 1.60. The van der Waals surface area contributed by atoms with E-state index < -0.39 is 21.6 Å². The molecule has 0 unspecified atom stereocenters. The predicted octanol–water partition coefficient (Wildman–Crippen LogP) is 1.23. The zero-order chi connectivity index (χ0) is 14.9. The normalized spacial score (nSPS) is 11.8. The number of ether oxygens (including phenoxy) is 1. The van der Waals surface area contributed by atoms with Crippen molar-refractivity contribution in [3.8, 4) is 0 Å². The fraction of sp³-hybridized carbons (Fsp3) is 0.300. The van der Waals surface area contributed by atoms with Crippen LogP contribution in [-0.2, 0) is 25.1 Å². The average molecular weight is 383 g/mol. The average Bonchev–Trinajstić information content (AvgIpc) is 2.70. The zero-order valence-electron chi connectivity index (χ0n) is 10.2. The number of hydrogen-bond donors (Lipinski definition) is 0. The zero-order valence-corrected chi connectivity index (χ0v) is 13.4. The van der Waals surface area contributed by atoms with Gasteiger partial charge < -0.3 is 4.74 Å². The van der Waals surface area contributed by atoms with Gasteiger partial charge in [-0.1, -0.05) is 11.6 Å². The van der Waals surface area contributed by atoms with Crippen molar-refractivity contribution in [2.75, 3.05) is 12.9 Å². The van der Waals surface area contributed by atoms with Crippen molar-refractivity contribution in [3.05, 3.63) is 27.6 Å². The largest absolute Gasteiger partial charge is 0.468 e. The predicted molar refractivity (Wildman–Crippen MR) is 75.2 cm³/mol. The van der Waals surface area contributed by atoms with E-state index in [0.29, 0.717) is 15.8 Å². The first-order valence-electron chi connectivity index (χ1n) is 5.28. The summed E-state index contributed by atoms with van der Waals surface area (Å²) in [4.78, 5) is 15.1. The van der Waals surface area contributed by atoms with Gasteiger partial charge in [-0.2, -0.15) is 5.10 Å². The van der Waals surface area contributed by atoms with Crippen LogP contribution in [0.25, 0.3) is 5.65 Å². The Bertz CT molecular complexity index is 774. The smallest absolute Gasteiger partial charge is 0.320 e. The van der Waals surface area contributed by atoms with Gasteiger partial charge in [0.05, 0.1) is 19.1 Å². The molecule has 0 bridgehead atoms. The summed E-state index contributed by atoms with van der Waals surface area (Å²) < 4.78 is 30.1. The third kappa shape index (κ3) is 3.28. The maximum atomic E-state index is 11.9. The number of rotatable bonds is 4. The lowest BCUT2D eigenvalue weighted by molar-refractivity contribution is -0.137. The summed E-state index contributed by atoms with van der Waals surface area (Å²) >= 11 is 9.07. The molecule has 20 heavy (non-hydrogen) atoms. The molecule has 0 spiro atoms. The summed E-state index contributed by atoms with van der Waals surface area (Å²) in [7, 11) is -2.54. The summed E-state index contributed by atoms with van der Waals surface area (Å²) in [6.07, 6.45) is 1.48. The molecule has 0 saturated heterocycles. The van der Waals surface area contributed by atoms with E-state index in [0.717, 1.165) is 7.11 Å². The van der Waals surface area contributed by atoms with Crippen molar-refractivity contribution in [1.82, 2.24) is 14.6 Å². The lowest BCUT2D eigenvalue weighted by Crippen LogP contribution is -2.19. The van der Waals surface area contributed by atoms with Crippen molar-refractivity contribution in [3.63, 3.8) is 0 Å². The van der Waals surface area contributed by atoms with Gasteiger partial charge in [0.15, 0.2) is 20.6 Å². The summed E-state index contributed by atoms with van der Waals surface area (Å²) in [5.74, 6) is -1.89. The molecule has 2 aromatic rings. The van der Waals surface area contributed by atoms with Crippen LogP contribution in [0.2, 0.25) is 5.15 Å². The topological polar surface area (TPSA) is 90.6 Å². The number of esters is 1. The molecule has 2 heterocycles. The van der Waals surface area contributed by atoms with Crippen LogP contribution in [0.4, 0.5) is 0 Å². The lowest BCUT2D eigenvalue weighted by Gasteiger charge is -2.05. The van der Waals surface area contributed by atoms with E-state index in [-0.39, 0.29) is 10.9 Å². The van der Waals surface area contributed by atoms with E-state index >= 15 is 0 Å². The quantitative estimate of drug-likeness (QED) is 0.739. The van der Waals surface area contributed by atoms with Gasteiger partial charge in [-0.3, -0.25) is 4.79 Å². The van der Waals surface area contributed by atoms with E-state index in [9.17, 15) is 13.2 Å². The van der Waals surface area contributed by atoms with Gasteiger partial charge in [0.2, 0.25) is 0 Å². The Morgan fingerprint density at radius 2 is 2.25 bits per heavy atom. The SMILES string of the molecule is COC(=O)CS(=O)(=O)Cc1cc(Cl)nn2c(Br)cnc12. The van der Waals surface area contributed by atoms with Crippen LogP contribution in [0.5, 0.6) is 0 Å². The Balaban J connectivity index is 2.41. The Morgan fingerprint density at radius 1 is 1.55 bits per heavy atom. The van der Waals surface area contributed by atoms with Crippen LogP contribution < -0.4 is 0 Å². The molecule has 0 fully saturated rings. The molecule has 108 valence electrons. The minimum atomic E-state index is -3.67. The Hall–Kier alpha value is -1.19. The molecule has 0 aliphatic heterocycles. The number of nitrogens with zero attached hydrogens (tertiary/aromatic N) is 3. The number of hydrogen-bond acceptors (Lipinski definition) is 6. The molecule has 10 heteroatoms. The molecule has 0 amide bonds. The Kier molecular flexibility index (Phi) is 4.31. The second-order valence-electron chi connectivity index (χ2n) is 3.92. The van der Waals surface area contributed by atoms with Gasteiger partial charge in [0.1, 0.15) is 10.4 Å². The van der Waals surface area contributed by atoms with Gasteiger partial charge in [-0.25, -0.2) is 17.9 Å². The molecular weight excluding hydrogens is 374 g/mol. The summed E-state index contributed by atoms with van der Waals surface area (Å²) in [5.41, 5.74) is 0.717. The molecule has 7 nitrogen and oxygen atoms in total. The maximum absolute atomic E-state index is 11.9. The van der Waals surface area contributed by atoms with Crippen molar-refractivity contribution in [2.24, 2.45) is 0 Å². The molecule has 0 radical (unpaired) electrons. The number of halogens is 2. The second-order valence-corrected chi connectivity index (χ2v) is 7.18. The highest BCUT2D eigenvalue weighted by molar-refractivity contribution is 9.10. The van der Waals surface area contributed by atoms with Crippen LogP contribution in [0, 0.1) is 0 Å². The van der Waals surface area contributed by atoms with Crippen LogP contribution in [0.3, 0.4) is 0 Å². The third-order valence-corrected chi connectivity index (χ3v) is 4.56. The van der Waals surface area contributed by atoms with Crippen molar-refractivity contribution >= 4 is 49.0 Å². The van der Waals surface area contributed by atoms with Crippen molar-refractivity contribution < 1.29 is 17.9 Å². The molecule has 0 atom stereocenters. The molecule has 0 aromatic carbocycles. The molecule has 0 saturated carbocycles. The molecular formula is C10H9BrClN3O4S. The Labute approximate surface area is 127 Å². The third-order valence-electron chi connectivity index (χ3n) is 2.41. The van der Waals surface area contributed by atoms with Gasteiger partial charge >= 0.3 is 5.97 Å². The first kappa shape index (κ1) is 15.2. The van der Waals surface area contributed by atoms with E-state index in [4.69, 9.17) is 11.6 Å². The van der Waals surface area contributed by atoms with Crippen molar-refractivity contribution in [1.29, 1.82) is 0 Å². The van der Waals surface area contributed by atoms with E-state index in [1.54, 1.807) is 0 Å². The summed E-state index contributed by atoms with van der Waals surface area (Å²) in [6, 6.07) is 1.41. The molecule has 2 aromatic heterocycles. The number of imidazole rings is 1. The highest BCUT2D eigenvalue weighted by Crippen LogP contribution is 2.20. The minimum Gasteiger partial charge on any atom is -0.468 e. The summed E-state index contributed by atoms with van der Waals surface area (Å²) in [5, 5.41) is 4.11. The lowest BCUT2D eigenvalue weighted by atomic mass is 10.3. The monoisotopic (exact) mass is 381 g/mol. The molecule has 2 rings (SSSR count). The van der Waals surface area contributed by atoms with Gasteiger partial charge in [0, 0.05) is 5.56 Å². The molecule has 0 N–H and O–H groups in total. The number of carbonyl (C=O) groups is 1. The second kappa shape index (κ2) is 5.66. The summed E-state index contributed by atoms with van der Waals surface area (Å²) in [6.45, 7) is 0. The number of methoxy groups -OCH3 is 1. The number of sulfone groups is 1. The number of fused-ring (bicyclic) bond motifs is 1. The van der Waals surface area contributed by atoms with Gasteiger partial charge in [-0.05, 0) is 22.0 Å². The van der Waals surface area contributed by atoms with Crippen LogP contribution in [0.15, 0.2) is 16.9 Å². The van der Waals surface area contributed by atoms with E-state index in [1.807, 2.05) is 0 Å². The van der Waals surface area contributed by atoms with Crippen LogP contribution >= 0.6 is 27.5 Å². The molecule has 0 aliphatic carbocycles. The number of carbonyl (C=O) groups excluding carboxylic acids is 1. The first-order valence-corrected chi connectivity index (χ1v) is 8.27. The highest BCUT2D eigenvalue weighted by Gasteiger charge is 2.21. The van der Waals surface area contributed by atoms with Gasteiger partial charge in [-0.15, -0.1) is 0 Å². The fourth-order valence-corrected chi connectivity index (χ4v) is 3.43. The number of aromatic nitrogens is 3. The minimum absolute atomic E-state index is 0.125. The van der Waals surface area contributed by atoms with Crippen LogP contribution in [-0.4, -0.2) is 41.8 Å². The standard InChI is InChI=1S/C10H9BrClN3O4S/c1-19-9(16)5-20(17,18)4-6-2-8(12)14-15-7(11)3-13-10(6)15/h2-3H,4-5H2,1H3. The van der Waals surface area contributed by atoms with E-state index in [1.165, 1.54) is 16.8 Å². The van der Waals surface area contributed by atoms with Gasteiger partial charge in [0.25, 0.3) is 0 Å². The highest BCUT2D eigenvalue weighted by atomic mass is 79.9. The first-order chi connectivity index (χ1) is 9.32. The van der Waals surface area contributed by atoms with Crippen LogP contribution in [0.1, 0.15) is 5.56 Å².